The summed E-state index contributed by atoms with van der Waals surface area (Å²) < 4.78 is 29.2. The molecule has 31 heavy (non-hydrogen) atoms. The minimum atomic E-state index is -3.73. The van der Waals surface area contributed by atoms with E-state index in [1.54, 1.807) is 47.1 Å². The molecule has 2 heterocycles. The van der Waals surface area contributed by atoms with Crippen LogP contribution in [-0.2, 0) is 10.0 Å². The van der Waals surface area contributed by atoms with Crippen molar-refractivity contribution in [3.05, 3.63) is 83.1 Å². The van der Waals surface area contributed by atoms with Crippen LogP contribution in [0, 0.1) is 13.8 Å². The molecule has 0 aliphatic carbocycles. The van der Waals surface area contributed by atoms with Crippen molar-refractivity contribution in [3.8, 4) is 5.82 Å². The van der Waals surface area contributed by atoms with E-state index >= 15 is 0 Å². The Morgan fingerprint density at radius 2 is 1.65 bits per heavy atom. The molecule has 0 spiro atoms. The number of sulfonamides is 1. The first kappa shape index (κ1) is 20.8. The molecule has 158 valence electrons. The number of anilines is 3. The summed E-state index contributed by atoms with van der Waals surface area (Å²) in [6, 6.07) is 18.5. The Kier molecular flexibility index (Phi) is 5.62. The highest BCUT2D eigenvalue weighted by molar-refractivity contribution is 7.92. The summed E-state index contributed by atoms with van der Waals surface area (Å²) in [5.41, 5.74) is 3.05. The lowest BCUT2D eigenvalue weighted by Crippen LogP contribution is -2.12. The molecule has 0 atom stereocenters. The van der Waals surface area contributed by atoms with E-state index in [1.807, 2.05) is 26.0 Å². The highest BCUT2D eigenvalue weighted by Gasteiger charge is 2.14. The maximum atomic E-state index is 12.5. The van der Waals surface area contributed by atoms with Gasteiger partial charge >= 0.3 is 0 Å². The predicted molar refractivity (Wildman–Crippen MR) is 121 cm³/mol. The van der Waals surface area contributed by atoms with Crippen molar-refractivity contribution in [2.24, 2.45) is 0 Å². The van der Waals surface area contributed by atoms with E-state index in [4.69, 9.17) is 11.6 Å². The van der Waals surface area contributed by atoms with E-state index in [2.05, 4.69) is 25.3 Å². The molecule has 0 bridgehead atoms. The lowest BCUT2D eigenvalue weighted by molar-refractivity contribution is 0.601. The number of benzene rings is 2. The fourth-order valence-electron chi connectivity index (χ4n) is 2.98. The van der Waals surface area contributed by atoms with Crippen LogP contribution in [0.4, 0.5) is 17.2 Å². The molecule has 10 heteroatoms. The van der Waals surface area contributed by atoms with Crippen LogP contribution in [0.3, 0.4) is 0 Å². The zero-order chi connectivity index (χ0) is 22.0. The average Bonchev–Trinajstić information content (AvgIpc) is 3.08. The van der Waals surface area contributed by atoms with Crippen molar-refractivity contribution < 1.29 is 8.42 Å². The van der Waals surface area contributed by atoms with Crippen LogP contribution in [0.5, 0.6) is 0 Å². The van der Waals surface area contributed by atoms with Gasteiger partial charge in [-0.1, -0.05) is 17.7 Å². The third-order valence-corrected chi connectivity index (χ3v) is 6.01. The Morgan fingerprint density at radius 1 is 0.903 bits per heavy atom. The second kappa shape index (κ2) is 8.37. The molecule has 0 saturated carbocycles. The number of aryl methyl sites for hydroxylation is 2. The molecule has 0 aliphatic rings. The number of nitrogens with zero attached hydrogens (tertiary/aromatic N) is 4. The van der Waals surface area contributed by atoms with Crippen molar-refractivity contribution >= 4 is 38.8 Å². The number of rotatable bonds is 6. The van der Waals surface area contributed by atoms with Gasteiger partial charge in [0.05, 0.1) is 10.6 Å². The van der Waals surface area contributed by atoms with E-state index in [0.29, 0.717) is 22.3 Å². The number of hydrogen-bond acceptors (Lipinski definition) is 6. The van der Waals surface area contributed by atoms with Gasteiger partial charge < -0.3 is 5.32 Å². The van der Waals surface area contributed by atoms with E-state index in [1.165, 1.54) is 12.1 Å². The van der Waals surface area contributed by atoms with E-state index in [0.717, 1.165) is 17.1 Å². The Hall–Kier alpha value is -3.43. The van der Waals surface area contributed by atoms with Crippen molar-refractivity contribution in [1.82, 2.24) is 20.0 Å². The van der Waals surface area contributed by atoms with Gasteiger partial charge in [-0.15, -0.1) is 10.2 Å². The van der Waals surface area contributed by atoms with Gasteiger partial charge in [-0.25, -0.2) is 13.1 Å². The molecular weight excluding hydrogens is 436 g/mol. The third-order valence-electron chi connectivity index (χ3n) is 4.39. The summed E-state index contributed by atoms with van der Waals surface area (Å²) in [7, 11) is -3.73. The third kappa shape index (κ3) is 4.84. The summed E-state index contributed by atoms with van der Waals surface area (Å²) in [5, 5.41) is 16.3. The largest absolute Gasteiger partial charge is 0.339 e. The molecular formula is C21H19ClN6O2S. The van der Waals surface area contributed by atoms with Gasteiger partial charge in [-0.3, -0.25) is 4.72 Å². The van der Waals surface area contributed by atoms with Gasteiger partial charge in [0.1, 0.15) is 0 Å². The SMILES string of the molecule is Cc1cc(C)n(-c2ccc(Nc3ccc(NS(=O)(=O)c4cccc(Cl)c4)cc3)nn2)n1. The summed E-state index contributed by atoms with van der Waals surface area (Å²) in [5.74, 6) is 1.18. The van der Waals surface area contributed by atoms with Crippen LogP contribution in [-0.4, -0.2) is 28.4 Å². The normalized spacial score (nSPS) is 11.3. The first-order valence-corrected chi connectivity index (χ1v) is 11.2. The van der Waals surface area contributed by atoms with Gasteiger partial charge in [0.25, 0.3) is 10.0 Å². The van der Waals surface area contributed by atoms with Gasteiger partial charge in [0, 0.05) is 22.1 Å². The summed E-state index contributed by atoms with van der Waals surface area (Å²) in [6.45, 7) is 3.88. The predicted octanol–water partition coefficient (Wildman–Crippen LogP) is 4.48. The molecule has 0 amide bonds. The molecule has 2 aromatic heterocycles. The molecule has 2 N–H and O–H groups in total. The maximum Gasteiger partial charge on any atom is 0.261 e. The van der Waals surface area contributed by atoms with Gasteiger partial charge in [-0.05, 0) is 74.5 Å². The molecule has 0 radical (unpaired) electrons. The molecule has 0 fully saturated rings. The Balaban J connectivity index is 1.44. The minimum absolute atomic E-state index is 0.0974. The standard InChI is InChI=1S/C21H19ClN6O2S/c1-14-12-15(2)28(26-14)21-11-10-20(24-25-21)23-17-6-8-18(9-7-17)27-31(29,30)19-5-3-4-16(22)13-19/h3-13,27H,1-2H3,(H,23,24). The zero-order valence-electron chi connectivity index (χ0n) is 16.7. The topological polar surface area (TPSA) is 102 Å². The summed E-state index contributed by atoms with van der Waals surface area (Å²) >= 11 is 5.89. The van der Waals surface area contributed by atoms with Crippen LogP contribution < -0.4 is 10.0 Å². The van der Waals surface area contributed by atoms with Crippen LogP contribution in [0.15, 0.2) is 71.6 Å². The first-order chi connectivity index (χ1) is 14.8. The lowest BCUT2D eigenvalue weighted by atomic mass is 10.3. The van der Waals surface area contributed by atoms with Crippen molar-refractivity contribution in [1.29, 1.82) is 0 Å². The summed E-state index contributed by atoms with van der Waals surface area (Å²) in [4.78, 5) is 0.0974. The van der Waals surface area contributed by atoms with Crippen LogP contribution in [0.2, 0.25) is 5.02 Å². The average molecular weight is 455 g/mol. The lowest BCUT2D eigenvalue weighted by Gasteiger charge is -2.10. The van der Waals surface area contributed by atoms with Gasteiger partial charge in [0.2, 0.25) is 0 Å². The molecule has 4 aromatic rings. The second-order valence-electron chi connectivity index (χ2n) is 6.88. The molecule has 4 rings (SSSR count). The van der Waals surface area contributed by atoms with Crippen LogP contribution >= 0.6 is 11.6 Å². The smallest absolute Gasteiger partial charge is 0.261 e. The van der Waals surface area contributed by atoms with Crippen molar-refractivity contribution in [2.45, 2.75) is 18.7 Å². The fraction of sp³-hybridized carbons (Fsp3) is 0.0952. The second-order valence-corrected chi connectivity index (χ2v) is 9.00. The maximum absolute atomic E-state index is 12.5. The van der Waals surface area contributed by atoms with Crippen LogP contribution in [0.1, 0.15) is 11.4 Å². The fourth-order valence-corrected chi connectivity index (χ4v) is 4.34. The Labute approximate surface area is 185 Å². The minimum Gasteiger partial charge on any atom is -0.339 e. The summed E-state index contributed by atoms with van der Waals surface area (Å²) in [6.07, 6.45) is 0. The highest BCUT2D eigenvalue weighted by Crippen LogP contribution is 2.22. The quantitative estimate of drug-likeness (QED) is 0.445. The molecule has 0 saturated heterocycles. The number of hydrogen-bond donors (Lipinski definition) is 2. The molecule has 0 unspecified atom stereocenters. The van der Waals surface area contributed by atoms with E-state index in [9.17, 15) is 8.42 Å². The van der Waals surface area contributed by atoms with E-state index < -0.39 is 10.0 Å². The van der Waals surface area contributed by atoms with E-state index in [-0.39, 0.29) is 4.90 Å². The Bertz CT molecular complexity index is 1320. The highest BCUT2D eigenvalue weighted by atomic mass is 35.5. The van der Waals surface area contributed by atoms with Gasteiger partial charge in [-0.2, -0.15) is 5.10 Å². The van der Waals surface area contributed by atoms with Crippen molar-refractivity contribution in [3.63, 3.8) is 0 Å². The molecule has 8 nitrogen and oxygen atoms in total. The number of nitrogens with one attached hydrogen (secondary N) is 2. The number of aromatic nitrogens is 4. The first-order valence-electron chi connectivity index (χ1n) is 9.33. The molecule has 0 aliphatic heterocycles. The monoisotopic (exact) mass is 454 g/mol. The number of halogens is 1. The van der Waals surface area contributed by atoms with Crippen molar-refractivity contribution in [2.75, 3.05) is 10.0 Å². The van der Waals surface area contributed by atoms with Gasteiger partial charge in [0.15, 0.2) is 11.6 Å². The Morgan fingerprint density at radius 3 is 2.26 bits per heavy atom. The van der Waals surface area contributed by atoms with Crippen LogP contribution in [0.25, 0.3) is 5.82 Å². The molecule has 2 aromatic carbocycles. The zero-order valence-corrected chi connectivity index (χ0v) is 18.3.